The van der Waals surface area contributed by atoms with Crippen molar-refractivity contribution in [1.29, 1.82) is 0 Å². The quantitative estimate of drug-likeness (QED) is 0.446. The highest BCUT2D eigenvalue weighted by atomic mass is 16.5. The van der Waals surface area contributed by atoms with E-state index >= 15 is 0 Å². The maximum atomic E-state index is 13.0. The number of ether oxygens (including phenoxy) is 1. The molecule has 0 aliphatic heterocycles. The Labute approximate surface area is 170 Å². The van der Waals surface area contributed by atoms with Crippen molar-refractivity contribution in [3.8, 4) is 11.1 Å². The fourth-order valence-corrected chi connectivity index (χ4v) is 3.42. The van der Waals surface area contributed by atoms with Gasteiger partial charge in [0.25, 0.3) is 5.56 Å². The summed E-state index contributed by atoms with van der Waals surface area (Å²) in [5, 5.41) is 13.2. The van der Waals surface area contributed by atoms with Crippen LogP contribution in [-0.4, -0.2) is 41.5 Å². The van der Waals surface area contributed by atoms with Crippen LogP contribution in [-0.2, 0) is 17.9 Å². The summed E-state index contributed by atoms with van der Waals surface area (Å²) in [5.74, 6) is 0. The number of fused-ring (bicyclic) bond motifs is 3. The zero-order valence-corrected chi connectivity index (χ0v) is 16.1. The monoisotopic (exact) mass is 399 g/mol. The number of rotatable bonds is 5. The summed E-state index contributed by atoms with van der Waals surface area (Å²) in [4.78, 5) is 21.7. The zero-order chi connectivity index (χ0) is 20.5. The summed E-state index contributed by atoms with van der Waals surface area (Å²) in [6.07, 6.45) is 3.17. The second kappa shape index (κ2) is 7.45. The van der Waals surface area contributed by atoms with Crippen molar-refractivity contribution in [2.45, 2.75) is 13.2 Å². The van der Waals surface area contributed by atoms with Gasteiger partial charge in [0, 0.05) is 13.3 Å². The van der Waals surface area contributed by atoms with Crippen LogP contribution < -0.4 is 5.56 Å². The summed E-state index contributed by atoms with van der Waals surface area (Å²) < 4.78 is 8.35. The maximum absolute atomic E-state index is 13.0. The van der Waals surface area contributed by atoms with Crippen molar-refractivity contribution >= 4 is 16.8 Å². The predicted octanol–water partition coefficient (Wildman–Crippen LogP) is 2.09. The van der Waals surface area contributed by atoms with Gasteiger partial charge < -0.3 is 4.74 Å². The Hall–Kier alpha value is -3.98. The van der Waals surface area contributed by atoms with Gasteiger partial charge in [-0.3, -0.25) is 14.3 Å². The molecule has 1 aromatic carbocycles. The van der Waals surface area contributed by atoms with Crippen molar-refractivity contribution in [3.05, 3.63) is 82.8 Å². The number of hydrogen-bond donors (Lipinski definition) is 0. The highest BCUT2D eigenvalue weighted by Crippen LogP contribution is 2.28. The van der Waals surface area contributed by atoms with Crippen LogP contribution in [0.4, 0.5) is 0 Å². The summed E-state index contributed by atoms with van der Waals surface area (Å²) in [7, 11) is 1.61. The highest BCUT2D eigenvalue weighted by molar-refractivity contribution is 5.83. The van der Waals surface area contributed by atoms with Gasteiger partial charge in [0.05, 0.1) is 30.1 Å². The lowest BCUT2D eigenvalue weighted by Crippen LogP contribution is -2.23. The van der Waals surface area contributed by atoms with Crippen LogP contribution in [0.25, 0.3) is 27.9 Å². The molecule has 0 aliphatic carbocycles. The Balaban J connectivity index is 1.70. The molecule has 0 fully saturated rings. The maximum Gasteiger partial charge on any atom is 0.283 e. The first-order chi connectivity index (χ1) is 14.8. The Morgan fingerprint density at radius 1 is 0.967 bits per heavy atom. The van der Waals surface area contributed by atoms with E-state index in [0.717, 1.165) is 16.8 Å². The zero-order valence-electron chi connectivity index (χ0n) is 16.1. The van der Waals surface area contributed by atoms with Crippen LogP contribution >= 0.6 is 0 Å². The molecule has 0 amide bonds. The van der Waals surface area contributed by atoms with E-state index in [1.165, 1.54) is 10.9 Å². The Morgan fingerprint density at radius 3 is 2.57 bits per heavy atom. The molecule has 0 N–H and O–H groups in total. The van der Waals surface area contributed by atoms with Gasteiger partial charge in [-0.2, -0.15) is 9.61 Å². The molecule has 30 heavy (non-hydrogen) atoms. The summed E-state index contributed by atoms with van der Waals surface area (Å²) >= 11 is 0. The van der Waals surface area contributed by atoms with Gasteiger partial charge in [0.1, 0.15) is 6.33 Å². The van der Waals surface area contributed by atoms with Crippen LogP contribution in [0.15, 0.2) is 65.8 Å². The van der Waals surface area contributed by atoms with Gasteiger partial charge in [-0.1, -0.05) is 36.4 Å². The first kappa shape index (κ1) is 18.1. The van der Waals surface area contributed by atoms with Crippen molar-refractivity contribution in [2.75, 3.05) is 7.11 Å². The van der Waals surface area contributed by atoms with Crippen LogP contribution in [0.3, 0.4) is 0 Å². The number of methoxy groups -OCH3 is 1. The number of hydrogen-bond acceptors (Lipinski definition) is 7. The molecule has 4 heterocycles. The third-order valence-electron chi connectivity index (χ3n) is 4.78. The van der Waals surface area contributed by atoms with E-state index in [4.69, 9.17) is 4.74 Å². The number of benzene rings is 1. The van der Waals surface area contributed by atoms with E-state index in [9.17, 15) is 4.79 Å². The molecule has 0 unspecified atom stereocenters. The number of aromatic nitrogens is 7. The van der Waals surface area contributed by atoms with Crippen molar-refractivity contribution in [1.82, 2.24) is 34.3 Å². The average Bonchev–Trinajstić information content (AvgIpc) is 3.15. The third kappa shape index (κ3) is 3.01. The van der Waals surface area contributed by atoms with Gasteiger partial charge in [-0.05, 0) is 17.7 Å². The van der Waals surface area contributed by atoms with E-state index in [2.05, 4.69) is 25.3 Å². The molecule has 5 aromatic rings. The topological polar surface area (TPSA) is 100 Å². The molecule has 0 saturated carbocycles. The van der Waals surface area contributed by atoms with E-state index in [-0.39, 0.29) is 11.1 Å². The first-order valence-electron chi connectivity index (χ1n) is 9.34. The van der Waals surface area contributed by atoms with E-state index < -0.39 is 0 Å². The summed E-state index contributed by atoms with van der Waals surface area (Å²) in [6.45, 7) is 0.595. The first-order valence-corrected chi connectivity index (χ1v) is 9.34. The van der Waals surface area contributed by atoms with Gasteiger partial charge >= 0.3 is 0 Å². The second-order valence-corrected chi connectivity index (χ2v) is 6.73. The largest absolute Gasteiger partial charge is 0.378 e. The molecule has 9 nitrogen and oxygen atoms in total. The average molecular weight is 399 g/mol. The van der Waals surface area contributed by atoms with Gasteiger partial charge in [0.2, 0.25) is 0 Å². The molecular formula is C21H17N7O2. The Kier molecular flexibility index (Phi) is 4.49. The van der Waals surface area contributed by atoms with Crippen LogP contribution in [0.1, 0.15) is 11.4 Å². The highest BCUT2D eigenvalue weighted by Gasteiger charge is 2.20. The molecule has 0 bridgehead atoms. The predicted molar refractivity (Wildman–Crippen MR) is 110 cm³/mol. The third-order valence-corrected chi connectivity index (χ3v) is 4.78. The molecule has 5 rings (SSSR count). The standard InChI is InChI=1S/C21H17N7O2/c1-30-12-16-17(14-7-3-2-4-8-14)19-25-24-18-20(28(19)26-16)23-13-27(21(18)29)11-15-9-5-6-10-22-15/h2-10,13H,11-12H2,1H3. The van der Waals surface area contributed by atoms with Gasteiger partial charge in [-0.25, -0.2) is 4.98 Å². The minimum absolute atomic E-state index is 0.145. The molecular weight excluding hydrogens is 382 g/mol. The molecule has 0 spiro atoms. The lowest BCUT2D eigenvalue weighted by molar-refractivity contribution is 0.181. The van der Waals surface area contributed by atoms with E-state index in [1.54, 1.807) is 17.8 Å². The Morgan fingerprint density at radius 2 is 1.80 bits per heavy atom. The fourth-order valence-electron chi connectivity index (χ4n) is 3.42. The summed E-state index contributed by atoms with van der Waals surface area (Å²) in [5.41, 5.74) is 3.92. The van der Waals surface area contributed by atoms with Crippen LogP contribution in [0.2, 0.25) is 0 Å². The molecule has 0 saturated heterocycles. The minimum Gasteiger partial charge on any atom is -0.378 e. The Bertz CT molecular complexity index is 1400. The van der Waals surface area contributed by atoms with E-state index in [0.29, 0.717) is 30.1 Å². The van der Waals surface area contributed by atoms with Gasteiger partial charge in [-0.15, -0.1) is 10.2 Å². The second-order valence-electron chi connectivity index (χ2n) is 6.73. The van der Waals surface area contributed by atoms with Crippen molar-refractivity contribution < 1.29 is 4.74 Å². The minimum atomic E-state index is -0.301. The molecule has 148 valence electrons. The fraction of sp³-hybridized carbons (Fsp3) is 0.143. The van der Waals surface area contributed by atoms with Crippen molar-refractivity contribution in [3.63, 3.8) is 0 Å². The normalized spacial score (nSPS) is 11.4. The lowest BCUT2D eigenvalue weighted by atomic mass is 10.1. The SMILES string of the molecule is COCc1nn2c(nnc3c(=O)n(Cc4ccccn4)cnc32)c1-c1ccccc1. The lowest BCUT2D eigenvalue weighted by Gasteiger charge is -2.06. The van der Waals surface area contributed by atoms with E-state index in [1.807, 2.05) is 48.5 Å². The summed E-state index contributed by atoms with van der Waals surface area (Å²) in [6, 6.07) is 15.3. The molecule has 0 aliphatic rings. The number of pyridine rings is 1. The smallest absolute Gasteiger partial charge is 0.283 e. The van der Waals surface area contributed by atoms with Crippen LogP contribution in [0.5, 0.6) is 0 Å². The van der Waals surface area contributed by atoms with Crippen LogP contribution in [0, 0.1) is 0 Å². The molecule has 9 heteroatoms. The molecule has 0 atom stereocenters. The number of nitrogens with zero attached hydrogens (tertiary/aromatic N) is 7. The van der Waals surface area contributed by atoms with Crippen molar-refractivity contribution in [2.24, 2.45) is 0 Å². The molecule has 4 aromatic heterocycles. The van der Waals surface area contributed by atoms with Gasteiger partial charge in [0.15, 0.2) is 16.8 Å². The molecule has 0 radical (unpaired) electrons.